The molecule has 0 bridgehead atoms. The lowest BCUT2D eigenvalue weighted by atomic mass is 9.95. The van der Waals surface area contributed by atoms with Crippen LogP contribution in [0.15, 0.2) is 11.6 Å². The molecule has 0 aliphatic heterocycles. The standard InChI is InChI=1S/C12H20/c1-10(2)11-5-3-4-6-12(9-11)7-8-12/h9-10H,3-8H2,1-2H3. The van der Waals surface area contributed by atoms with Crippen molar-refractivity contribution in [3.05, 3.63) is 11.6 Å². The van der Waals surface area contributed by atoms with Gasteiger partial charge in [0.15, 0.2) is 0 Å². The summed E-state index contributed by atoms with van der Waals surface area (Å²) < 4.78 is 0. The van der Waals surface area contributed by atoms with Crippen molar-refractivity contribution in [2.24, 2.45) is 11.3 Å². The van der Waals surface area contributed by atoms with E-state index >= 15 is 0 Å². The molecule has 0 aromatic heterocycles. The Balaban J connectivity index is 2.13. The highest BCUT2D eigenvalue weighted by Crippen LogP contribution is 2.53. The summed E-state index contributed by atoms with van der Waals surface area (Å²) in [5, 5.41) is 0. The quantitative estimate of drug-likeness (QED) is 0.515. The van der Waals surface area contributed by atoms with Gasteiger partial charge in [0, 0.05) is 0 Å². The van der Waals surface area contributed by atoms with Crippen molar-refractivity contribution in [3.63, 3.8) is 0 Å². The monoisotopic (exact) mass is 164 g/mol. The molecule has 0 aromatic carbocycles. The highest BCUT2D eigenvalue weighted by Gasteiger charge is 2.40. The fourth-order valence-electron chi connectivity index (χ4n) is 2.35. The summed E-state index contributed by atoms with van der Waals surface area (Å²) >= 11 is 0. The minimum Gasteiger partial charge on any atom is -0.0788 e. The van der Waals surface area contributed by atoms with E-state index in [0.717, 1.165) is 5.92 Å². The molecule has 0 amide bonds. The van der Waals surface area contributed by atoms with Crippen LogP contribution in [0.2, 0.25) is 0 Å². The number of hydrogen-bond acceptors (Lipinski definition) is 0. The second-order valence-corrected chi connectivity index (χ2v) is 4.94. The van der Waals surface area contributed by atoms with Gasteiger partial charge in [-0.3, -0.25) is 0 Å². The fourth-order valence-corrected chi connectivity index (χ4v) is 2.35. The van der Waals surface area contributed by atoms with E-state index in [1.54, 1.807) is 5.57 Å². The summed E-state index contributed by atoms with van der Waals surface area (Å²) in [6, 6.07) is 0. The van der Waals surface area contributed by atoms with E-state index in [1.165, 1.54) is 38.5 Å². The molecular weight excluding hydrogens is 144 g/mol. The van der Waals surface area contributed by atoms with E-state index in [0.29, 0.717) is 5.41 Å². The molecule has 2 aliphatic rings. The van der Waals surface area contributed by atoms with Gasteiger partial charge in [-0.2, -0.15) is 0 Å². The lowest BCUT2D eigenvalue weighted by Gasteiger charge is -2.11. The second kappa shape index (κ2) is 2.90. The predicted octanol–water partition coefficient (Wildman–Crippen LogP) is 3.92. The van der Waals surface area contributed by atoms with Crippen LogP contribution in [0, 0.1) is 11.3 Å². The van der Waals surface area contributed by atoms with Crippen LogP contribution in [-0.4, -0.2) is 0 Å². The molecule has 0 aromatic rings. The van der Waals surface area contributed by atoms with Gasteiger partial charge >= 0.3 is 0 Å². The summed E-state index contributed by atoms with van der Waals surface area (Å²) in [6.07, 6.45) is 11.3. The maximum atomic E-state index is 2.63. The molecule has 0 unspecified atom stereocenters. The van der Waals surface area contributed by atoms with E-state index < -0.39 is 0 Å². The second-order valence-electron chi connectivity index (χ2n) is 4.94. The Kier molecular flexibility index (Phi) is 2.02. The number of hydrogen-bond donors (Lipinski definition) is 0. The average Bonchev–Trinajstić information content (AvgIpc) is 2.80. The zero-order valence-corrected chi connectivity index (χ0v) is 8.40. The van der Waals surface area contributed by atoms with E-state index in [2.05, 4.69) is 19.9 Å². The average molecular weight is 164 g/mol. The Bertz CT molecular complexity index is 194. The molecular formula is C12H20. The van der Waals surface area contributed by atoms with Gasteiger partial charge in [0.25, 0.3) is 0 Å². The van der Waals surface area contributed by atoms with Crippen LogP contribution in [0.3, 0.4) is 0 Å². The topological polar surface area (TPSA) is 0 Å². The zero-order chi connectivity index (χ0) is 8.60. The first-order valence-corrected chi connectivity index (χ1v) is 5.43. The Labute approximate surface area is 76.1 Å². The van der Waals surface area contributed by atoms with Crippen molar-refractivity contribution in [2.75, 3.05) is 0 Å². The molecule has 2 rings (SSSR count). The van der Waals surface area contributed by atoms with Crippen molar-refractivity contribution in [2.45, 2.75) is 52.4 Å². The van der Waals surface area contributed by atoms with Crippen molar-refractivity contribution in [3.8, 4) is 0 Å². The third-order valence-corrected chi connectivity index (χ3v) is 3.52. The first-order chi connectivity index (χ1) is 5.72. The van der Waals surface area contributed by atoms with Gasteiger partial charge in [0.2, 0.25) is 0 Å². The van der Waals surface area contributed by atoms with Gasteiger partial charge in [0.05, 0.1) is 0 Å². The van der Waals surface area contributed by atoms with E-state index in [-0.39, 0.29) is 0 Å². The van der Waals surface area contributed by atoms with Gasteiger partial charge in [-0.1, -0.05) is 31.9 Å². The zero-order valence-electron chi connectivity index (χ0n) is 8.40. The highest BCUT2D eigenvalue weighted by molar-refractivity contribution is 5.18. The van der Waals surface area contributed by atoms with Crippen molar-refractivity contribution >= 4 is 0 Å². The number of allylic oxidation sites excluding steroid dienone is 2. The van der Waals surface area contributed by atoms with Crippen molar-refractivity contribution in [1.82, 2.24) is 0 Å². The first-order valence-electron chi connectivity index (χ1n) is 5.43. The minimum atomic E-state index is 0.704. The molecule has 2 aliphatic carbocycles. The number of rotatable bonds is 1. The Hall–Kier alpha value is -0.260. The fraction of sp³-hybridized carbons (Fsp3) is 0.833. The lowest BCUT2D eigenvalue weighted by Crippen LogP contribution is -1.97. The molecule has 0 nitrogen and oxygen atoms in total. The molecule has 0 atom stereocenters. The third kappa shape index (κ3) is 1.57. The van der Waals surface area contributed by atoms with Crippen LogP contribution >= 0.6 is 0 Å². The summed E-state index contributed by atoms with van der Waals surface area (Å²) in [5.41, 5.74) is 2.45. The lowest BCUT2D eigenvalue weighted by molar-refractivity contribution is 0.553. The highest BCUT2D eigenvalue weighted by atomic mass is 14.5. The van der Waals surface area contributed by atoms with Crippen LogP contribution in [0.25, 0.3) is 0 Å². The Morgan fingerprint density at radius 1 is 1.17 bits per heavy atom. The van der Waals surface area contributed by atoms with Crippen molar-refractivity contribution < 1.29 is 0 Å². The third-order valence-electron chi connectivity index (χ3n) is 3.52. The normalized spacial score (nSPS) is 27.1. The molecule has 0 radical (unpaired) electrons. The van der Waals surface area contributed by atoms with Gasteiger partial charge < -0.3 is 0 Å². The summed E-state index contributed by atoms with van der Waals surface area (Å²) in [7, 11) is 0. The molecule has 1 saturated carbocycles. The summed E-state index contributed by atoms with van der Waals surface area (Å²) in [6.45, 7) is 4.68. The van der Waals surface area contributed by atoms with E-state index in [1.807, 2.05) is 0 Å². The molecule has 0 saturated heterocycles. The van der Waals surface area contributed by atoms with E-state index in [9.17, 15) is 0 Å². The minimum absolute atomic E-state index is 0.704. The maximum absolute atomic E-state index is 2.63. The van der Waals surface area contributed by atoms with Gasteiger partial charge in [-0.15, -0.1) is 0 Å². The van der Waals surface area contributed by atoms with Crippen LogP contribution in [-0.2, 0) is 0 Å². The molecule has 68 valence electrons. The summed E-state index contributed by atoms with van der Waals surface area (Å²) in [5.74, 6) is 0.792. The Morgan fingerprint density at radius 3 is 2.50 bits per heavy atom. The SMILES string of the molecule is CC(C)C1=CC2(CCCC1)CC2. The van der Waals surface area contributed by atoms with Crippen LogP contribution < -0.4 is 0 Å². The predicted molar refractivity (Wildman–Crippen MR) is 53.1 cm³/mol. The molecule has 0 N–H and O–H groups in total. The van der Waals surface area contributed by atoms with Gasteiger partial charge in [0.1, 0.15) is 0 Å². The smallest absolute Gasteiger partial charge is 0.0115 e. The van der Waals surface area contributed by atoms with E-state index in [4.69, 9.17) is 0 Å². The van der Waals surface area contributed by atoms with Crippen molar-refractivity contribution in [1.29, 1.82) is 0 Å². The molecule has 12 heavy (non-hydrogen) atoms. The van der Waals surface area contributed by atoms with Crippen LogP contribution in [0.1, 0.15) is 52.4 Å². The maximum Gasteiger partial charge on any atom is -0.0115 e. The van der Waals surface area contributed by atoms with Crippen LogP contribution in [0.5, 0.6) is 0 Å². The molecule has 1 fully saturated rings. The first kappa shape index (κ1) is 8.34. The van der Waals surface area contributed by atoms with Gasteiger partial charge in [-0.05, 0) is 43.4 Å². The largest absolute Gasteiger partial charge is 0.0788 e. The molecule has 0 heterocycles. The van der Waals surface area contributed by atoms with Crippen LogP contribution in [0.4, 0.5) is 0 Å². The van der Waals surface area contributed by atoms with Gasteiger partial charge in [-0.25, -0.2) is 0 Å². The molecule has 1 spiro atoms. The summed E-state index contributed by atoms with van der Waals surface area (Å²) in [4.78, 5) is 0. The molecule has 0 heteroatoms. The Morgan fingerprint density at radius 2 is 1.92 bits per heavy atom.